The van der Waals surface area contributed by atoms with Crippen molar-refractivity contribution < 1.29 is 9.15 Å². The van der Waals surface area contributed by atoms with Gasteiger partial charge in [0.25, 0.3) is 5.89 Å². The smallest absolute Gasteiger partial charge is 0.253 e. The monoisotopic (exact) mass is 233 g/mol. The van der Waals surface area contributed by atoms with Crippen LogP contribution in [-0.2, 0) is 6.61 Å². The summed E-state index contributed by atoms with van der Waals surface area (Å²) in [6.45, 7) is 2.24. The van der Waals surface area contributed by atoms with E-state index in [9.17, 15) is 0 Å². The molecule has 5 heteroatoms. The maximum absolute atomic E-state index is 5.50. The lowest BCUT2D eigenvalue weighted by Gasteiger charge is -2.03. The molecule has 1 atom stereocenters. The molecule has 0 amide bonds. The van der Waals surface area contributed by atoms with Crippen LogP contribution in [0.5, 0.6) is 5.75 Å². The summed E-state index contributed by atoms with van der Waals surface area (Å²) < 4.78 is 11.0. The quantitative estimate of drug-likeness (QED) is 0.855. The number of benzene rings is 1. The normalized spacial score (nSPS) is 12.4. The lowest BCUT2D eigenvalue weighted by atomic mass is 10.3. The second-order valence-corrected chi connectivity index (χ2v) is 3.65. The van der Waals surface area contributed by atoms with Gasteiger partial charge in [-0.25, -0.2) is 0 Å². The van der Waals surface area contributed by atoms with E-state index in [4.69, 9.17) is 9.15 Å². The lowest BCUT2D eigenvalue weighted by molar-refractivity contribution is 0.255. The van der Waals surface area contributed by atoms with Crippen LogP contribution in [0.25, 0.3) is 0 Å². The van der Waals surface area contributed by atoms with Crippen LogP contribution in [0.1, 0.15) is 24.7 Å². The van der Waals surface area contributed by atoms with E-state index in [0.29, 0.717) is 11.8 Å². The summed E-state index contributed by atoms with van der Waals surface area (Å²) in [5, 5.41) is 10.9. The van der Waals surface area contributed by atoms with Crippen LogP contribution >= 0.6 is 0 Å². The SMILES string of the molecule is CNC(C)c1nnc(COc2ccccc2)o1. The number of nitrogens with one attached hydrogen (secondary N) is 1. The van der Waals surface area contributed by atoms with Crippen molar-refractivity contribution in [1.82, 2.24) is 15.5 Å². The summed E-state index contributed by atoms with van der Waals surface area (Å²) in [6.07, 6.45) is 0. The Balaban J connectivity index is 1.94. The van der Waals surface area contributed by atoms with Crippen LogP contribution in [0.4, 0.5) is 0 Å². The highest BCUT2D eigenvalue weighted by Gasteiger charge is 2.11. The van der Waals surface area contributed by atoms with Gasteiger partial charge in [0.2, 0.25) is 5.89 Å². The van der Waals surface area contributed by atoms with Crippen molar-refractivity contribution in [1.29, 1.82) is 0 Å². The molecule has 0 radical (unpaired) electrons. The van der Waals surface area contributed by atoms with E-state index < -0.39 is 0 Å². The molecule has 0 saturated heterocycles. The maximum Gasteiger partial charge on any atom is 0.253 e. The Morgan fingerprint density at radius 3 is 2.76 bits per heavy atom. The number of nitrogens with zero attached hydrogens (tertiary/aromatic N) is 2. The van der Waals surface area contributed by atoms with Gasteiger partial charge in [0.05, 0.1) is 6.04 Å². The minimum absolute atomic E-state index is 0.0491. The summed E-state index contributed by atoms with van der Waals surface area (Å²) in [7, 11) is 1.84. The van der Waals surface area contributed by atoms with E-state index in [2.05, 4.69) is 15.5 Å². The Morgan fingerprint density at radius 2 is 2.06 bits per heavy atom. The Hall–Kier alpha value is -1.88. The van der Waals surface area contributed by atoms with Gasteiger partial charge >= 0.3 is 0 Å². The van der Waals surface area contributed by atoms with E-state index in [0.717, 1.165) is 5.75 Å². The van der Waals surface area contributed by atoms with Gasteiger partial charge in [0.1, 0.15) is 5.75 Å². The molecular weight excluding hydrogens is 218 g/mol. The summed E-state index contributed by atoms with van der Waals surface area (Å²) >= 11 is 0. The molecule has 1 N–H and O–H groups in total. The predicted molar refractivity (Wildman–Crippen MR) is 62.5 cm³/mol. The fraction of sp³-hybridized carbons (Fsp3) is 0.333. The molecule has 0 aliphatic heterocycles. The Bertz CT molecular complexity index is 456. The van der Waals surface area contributed by atoms with Crippen molar-refractivity contribution in [2.24, 2.45) is 0 Å². The summed E-state index contributed by atoms with van der Waals surface area (Å²) in [4.78, 5) is 0. The number of hydrogen-bond donors (Lipinski definition) is 1. The fourth-order valence-electron chi connectivity index (χ4n) is 1.29. The molecule has 0 fully saturated rings. The summed E-state index contributed by atoms with van der Waals surface area (Å²) in [5.41, 5.74) is 0. The first-order valence-electron chi connectivity index (χ1n) is 5.47. The van der Waals surface area contributed by atoms with E-state index in [-0.39, 0.29) is 12.6 Å². The third-order valence-corrected chi connectivity index (χ3v) is 2.39. The average Bonchev–Trinajstić information content (AvgIpc) is 2.85. The topological polar surface area (TPSA) is 60.2 Å². The van der Waals surface area contributed by atoms with Crippen molar-refractivity contribution in [3.8, 4) is 5.75 Å². The van der Waals surface area contributed by atoms with Gasteiger partial charge in [0, 0.05) is 0 Å². The molecule has 0 aliphatic carbocycles. The molecule has 1 aromatic carbocycles. The Kier molecular flexibility index (Phi) is 3.72. The number of para-hydroxylation sites is 1. The van der Waals surface area contributed by atoms with Crippen LogP contribution in [0.3, 0.4) is 0 Å². The van der Waals surface area contributed by atoms with E-state index in [1.807, 2.05) is 44.3 Å². The molecule has 1 heterocycles. The Morgan fingerprint density at radius 1 is 1.29 bits per heavy atom. The highest BCUT2D eigenvalue weighted by molar-refractivity contribution is 5.20. The van der Waals surface area contributed by atoms with Crippen molar-refractivity contribution in [3.63, 3.8) is 0 Å². The van der Waals surface area contributed by atoms with Crippen molar-refractivity contribution >= 4 is 0 Å². The number of rotatable bonds is 5. The maximum atomic E-state index is 5.50. The standard InChI is InChI=1S/C12H15N3O2/c1-9(13-2)12-15-14-11(17-12)8-16-10-6-4-3-5-7-10/h3-7,9,13H,8H2,1-2H3. The molecule has 90 valence electrons. The zero-order chi connectivity index (χ0) is 12.1. The van der Waals surface area contributed by atoms with E-state index in [1.165, 1.54) is 0 Å². The molecule has 17 heavy (non-hydrogen) atoms. The molecular formula is C12H15N3O2. The predicted octanol–water partition coefficient (Wildman–Crippen LogP) is 1.93. The van der Waals surface area contributed by atoms with Crippen LogP contribution in [0, 0.1) is 0 Å². The highest BCUT2D eigenvalue weighted by atomic mass is 16.5. The fourth-order valence-corrected chi connectivity index (χ4v) is 1.29. The molecule has 0 aliphatic rings. The second-order valence-electron chi connectivity index (χ2n) is 3.65. The zero-order valence-corrected chi connectivity index (χ0v) is 9.88. The van der Waals surface area contributed by atoms with Gasteiger partial charge in [-0.1, -0.05) is 18.2 Å². The molecule has 1 unspecified atom stereocenters. The van der Waals surface area contributed by atoms with Gasteiger partial charge in [0.15, 0.2) is 6.61 Å². The zero-order valence-electron chi connectivity index (χ0n) is 9.88. The van der Waals surface area contributed by atoms with Gasteiger partial charge in [-0.3, -0.25) is 0 Å². The summed E-state index contributed by atoms with van der Waals surface area (Å²) in [6, 6.07) is 9.58. The first kappa shape index (κ1) is 11.6. The first-order chi connectivity index (χ1) is 8.29. The van der Waals surface area contributed by atoms with E-state index in [1.54, 1.807) is 0 Å². The number of hydrogen-bond acceptors (Lipinski definition) is 5. The largest absolute Gasteiger partial charge is 0.484 e. The third-order valence-electron chi connectivity index (χ3n) is 2.39. The molecule has 1 aromatic heterocycles. The van der Waals surface area contributed by atoms with Crippen LogP contribution in [0.2, 0.25) is 0 Å². The summed E-state index contributed by atoms with van der Waals surface area (Å²) in [5.74, 6) is 1.83. The van der Waals surface area contributed by atoms with Crippen molar-refractivity contribution in [2.45, 2.75) is 19.6 Å². The number of ether oxygens (including phenoxy) is 1. The van der Waals surface area contributed by atoms with Crippen LogP contribution in [0.15, 0.2) is 34.7 Å². The van der Waals surface area contributed by atoms with Gasteiger partial charge in [-0.15, -0.1) is 10.2 Å². The van der Waals surface area contributed by atoms with Gasteiger partial charge in [-0.05, 0) is 26.1 Å². The average molecular weight is 233 g/mol. The molecule has 0 saturated carbocycles. The molecule has 2 aromatic rings. The number of aromatic nitrogens is 2. The minimum Gasteiger partial charge on any atom is -0.484 e. The van der Waals surface area contributed by atoms with E-state index >= 15 is 0 Å². The molecule has 0 bridgehead atoms. The van der Waals surface area contributed by atoms with Gasteiger partial charge in [-0.2, -0.15) is 0 Å². The Labute approximate surface area is 99.8 Å². The molecule has 5 nitrogen and oxygen atoms in total. The van der Waals surface area contributed by atoms with Crippen molar-refractivity contribution in [3.05, 3.63) is 42.1 Å². The molecule has 2 rings (SSSR count). The highest BCUT2D eigenvalue weighted by Crippen LogP contribution is 2.13. The third kappa shape index (κ3) is 3.04. The van der Waals surface area contributed by atoms with Gasteiger partial charge < -0.3 is 14.5 Å². The van der Waals surface area contributed by atoms with Crippen LogP contribution in [-0.4, -0.2) is 17.2 Å². The minimum atomic E-state index is 0.0491. The second kappa shape index (κ2) is 5.45. The lowest BCUT2D eigenvalue weighted by Crippen LogP contribution is -2.12. The first-order valence-corrected chi connectivity index (χ1v) is 5.47. The van der Waals surface area contributed by atoms with Crippen LogP contribution < -0.4 is 10.1 Å². The molecule has 0 spiro atoms. The van der Waals surface area contributed by atoms with Crippen molar-refractivity contribution in [2.75, 3.05) is 7.05 Å².